The van der Waals surface area contributed by atoms with Crippen LogP contribution in [0, 0.1) is 0 Å². The van der Waals surface area contributed by atoms with Gasteiger partial charge in [0.05, 0.1) is 0 Å². The molecule has 1 rings (SSSR count). The molecule has 18 heavy (non-hydrogen) atoms. The van der Waals surface area contributed by atoms with Gasteiger partial charge in [-0.1, -0.05) is 0 Å². The predicted octanol–water partition coefficient (Wildman–Crippen LogP) is 7.23. The Morgan fingerprint density at radius 1 is 0.222 bits per heavy atom. The first kappa shape index (κ1) is 16.6. The Balaban J connectivity index is 2.40. The molecule has 0 aromatic heterocycles. The molecule has 96 valence electrons. The van der Waals surface area contributed by atoms with E-state index in [0.29, 0.717) is 0 Å². The van der Waals surface area contributed by atoms with Crippen molar-refractivity contribution in [3.05, 3.63) is 64.9 Å². The molecule has 0 aromatic rings. The van der Waals surface area contributed by atoms with Crippen LogP contribution in [-0.2, 0) is 0 Å². The van der Waals surface area contributed by atoms with E-state index in [0.717, 1.165) is 0 Å². The molecule has 0 N–H and O–H groups in total. The average Bonchev–Trinajstić information content (AvgIpc) is 2.39. The van der Waals surface area contributed by atoms with Gasteiger partial charge >= 0.3 is 0 Å². The molecule has 0 atom stereocenters. The molecule has 0 bridgehead atoms. The molecule has 0 aliphatic carbocycles. The Kier molecular flexibility index (Phi) is 12.9. The third kappa shape index (κ3) is 11.6. The average molecular weight is 349 g/mol. The highest BCUT2D eigenvalue weighted by Gasteiger charge is 1.78. The van der Waals surface area contributed by atoms with E-state index in [9.17, 15) is 0 Å². The smallest absolute Gasteiger partial charge is 0.0181 e. The number of rotatable bonds is 0. The minimum absolute atomic E-state index is 1.68. The molecular weight excluding hydrogens is 337 g/mol. The van der Waals surface area contributed by atoms with Gasteiger partial charge < -0.3 is 0 Å². The molecule has 0 amide bonds. The van der Waals surface area contributed by atoms with Crippen molar-refractivity contribution >= 4 is 70.6 Å². The lowest BCUT2D eigenvalue weighted by atomic mass is 11.2. The van der Waals surface area contributed by atoms with E-state index in [2.05, 4.69) is 64.9 Å². The zero-order valence-corrected chi connectivity index (χ0v) is 14.3. The van der Waals surface area contributed by atoms with Crippen molar-refractivity contribution in [1.82, 2.24) is 0 Å². The van der Waals surface area contributed by atoms with Crippen molar-refractivity contribution < 1.29 is 0 Å². The van der Waals surface area contributed by atoms with Crippen LogP contribution in [0.3, 0.4) is 0 Å². The Morgan fingerprint density at radius 3 is 0.444 bits per heavy atom. The summed E-state index contributed by atoms with van der Waals surface area (Å²) in [7, 11) is 0. The van der Waals surface area contributed by atoms with Gasteiger partial charge in [-0.2, -0.15) is 0 Å². The van der Waals surface area contributed by atoms with E-state index in [1.54, 1.807) is 70.6 Å². The first-order valence-electron chi connectivity index (χ1n) is 4.83. The second-order valence-electron chi connectivity index (χ2n) is 2.45. The number of thioether (sulfide) groups is 6. The van der Waals surface area contributed by atoms with Gasteiger partial charge in [-0.25, -0.2) is 0 Å². The standard InChI is InChI=1S/C12H12S6/c1-2-14-5-6-16-9-10-18-12-11-17-8-7-15-4-3-13-1/h1-12H/b2-1-,4-3-,6-5-,8-7-,10-9-,12-11-. The van der Waals surface area contributed by atoms with Crippen LogP contribution in [0.4, 0.5) is 0 Å². The fourth-order valence-electron chi connectivity index (χ4n) is 0.657. The first-order valence-corrected chi connectivity index (χ1v) is 10.5. The Bertz CT molecular complexity index is 248. The Hall–Kier alpha value is 0.540. The van der Waals surface area contributed by atoms with Crippen molar-refractivity contribution in [2.24, 2.45) is 0 Å². The summed E-state index contributed by atoms with van der Waals surface area (Å²) in [6, 6.07) is 0. The fourth-order valence-corrected chi connectivity index (χ4v) is 4.28. The van der Waals surface area contributed by atoms with E-state index >= 15 is 0 Å². The molecule has 0 unspecified atom stereocenters. The van der Waals surface area contributed by atoms with Crippen LogP contribution >= 0.6 is 70.6 Å². The van der Waals surface area contributed by atoms with Gasteiger partial charge in [-0.15, -0.1) is 70.6 Å². The van der Waals surface area contributed by atoms with Crippen LogP contribution in [0.1, 0.15) is 0 Å². The summed E-state index contributed by atoms with van der Waals surface area (Å²) in [5.41, 5.74) is 0. The molecule has 0 saturated carbocycles. The summed E-state index contributed by atoms with van der Waals surface area (Å²) in [4.78, 5) is 0. The summed E-state index contributed by atoms with van der Waals surface area (Å²) < 4.78 is 0. The van der Waals surface area contributed by atoms with Gasteiger partial charge in [0.15, 0.2) is 0 Å². The van der Waals surface area contributed by atoms with Crippen molar-refractivity contribution in [1.29, 1.82) is 0 Å². The van der Waals surface area contributed by atoms with E-state index in [1.165, 1.54) is 0 Å². The lowest BCUT2D eigenvalue weighted by Gasteiger charge is -1.86. The minimum Gasteiger partial charge on any atom is -0.105 e. The van der Waals surface area contributed by atoms with Crippen LogP contribution in [0.5, 0.6) is 0 Å². The quantitative estimate of drug-likeness (QED) is 0.449. The molecular formula is C12H12S6. The molecule has 0 nitrogen and oxygen atoms in total. The van der Waals surface area contributed by atoms with Crippen LogP contribution in [0.2, 0.25) is 0 Å². The molecule has 0 aromatic carbocycles. The molecule has 0 radical (unpaired) electrons. The maximum Gasteiger partial charge on any atom is -0.0181 e. The third-order valence-electron chi connectivity index (χ3n) is 1.28. The molecule has 6 heteroatoms. The van der Waals surface area contributed by atoms with E-state index in [-0.39, 0.29) is 0 Å². The minimum atomic E-state index is 1.68. The van der Waals surface area contributed by atoms with Crippen molar-refractivity contribution in [2.75, 3.05) is 0 Å². The Labute approximate surface area is 134 Å². The van der Waals surface area contributed by atoms with Crippen LogP contribution in [0.25, 0.3) is 0 Å². The zero-order chi connectivity index (χ0) is 12.7. The van der Waals surface area contributed by atoms with E-state index < -0.39 is 0 Å². The second kappa shape index (κ2) is 14.0. The first-order chi connectivity index (χ1) is 9.00. The van der Waals surface area contributed by atoms with Gasteiger partial charge in [0, 0.05) is 0 Å². The topological polar surface area (TPSA) is 0 Å². The third-order valence-corrected chi connectivity index (χ3v) is 5.83. The number of hydrogen-bond acceptors (Lipinski definition) is 6. The summed E-state index contributed by atoms with van der Waals surface area (Å²) in [5.74, 6) is 0. The maximum absolute atomic E-state index is 2.08. The summed E-state index contributed by atoms with van der Waals surface area (Å²) >= 11 is 10.1. The zero-order valence-electron chi connectivity index (χ0n) is 9.38. The monoisotopic (exact) mass is 348 g/mol. The van der Waals surface area contributed by atoms with Gasteiger partial charge in [0.2, 0.25) is 0 Å². The highest BCUT2D eigenvalue weighted by Crippen LogP contribution is 2.19. The van der Waals surface area contributed by atoms with Gasteiger partial charge in [0.1, 0.15) is 0 Å². The highest BCUT2D eigenvalue weighted by atomic mass is 32.2. The second-order valence-corrected chi connectivity index (χ2v) is 7.35. The summed E-state index contributed by atoms with van der Waals surface area (Å²) in [6.45, 7) is 0. The van der Waals surface area contributed by atoms with Crippen molar-refractivity contribution in [3.63, 3.8) is 0 Å². The maximum atomic E-state index is 2.08. The molecule has 1 heterocycles. The lowest BCUT2D eigenvalue weighted by Crippen LogP contribution is -1.49. The lowest BCUT2D eigenvalue weighted by molar-refractivity contribution is 2.42. The molecule has 0 spiro atoms. The highest BCUT2D eigenvalue weighted by molar-refractivity contribution is 8.12. The SMILES string of the molecule is C1=C\S/C=C\S/C=C\S/C=C\S/C=C\S/C=C\S/1. The van der Waals surface area contributed by atoms with Gasteiger partial charge in [-0.05, 0) is 64.9 Å². The molecule has 0 fully saturated rings. The Morgan fingerprint density at radius 2 is 0.333 bits per heavy atom. The predicted molar refractivity (Wildman–Crippen MR) is 100 cm³/mol. The van der Waals surface area contributed by atoms with Gasteiger partial charge in [0.25, 0.3) is 0 Å². The van der Waals surface area contributed by atoms with Crippen molar-refractivity contribution in [3.8, 4) is 0 Å². The van der Waals surface area contributed by atoms with Crippen molar-refractivity contribution in [2.45, 2.75) is 0 Å². The summed E-state index contributed by atoms with van der Waals surface area (Å²) in [5, 5.41) is 24.9. The van der Waals surface area contributed by atoms with Gasteiger partial charge in [-0.3, -0.25) is 0 Å². The normalized spacial score (nSPS) is 29.3. The fraction of sp³-hybridized carbons (Fsp3) is 0. The largest absolute Gasteiger partial charge is 0.105 e. The molecule has 1 aliphatic rings. The molecule has 0 saturated heterocycles. The molecule has 1 aliphatic heterocycles. The van der Waals surface area contributed by atoms with E-state index in [1.807, 2.05) is 0 Å². The van der Waals surface area contributed by atoms with Crippen LogP contribution in [0.15, 0.2) is 64.9 Å². The summed E-state index contributed by atoms with van der Waals surface area (Å²) in [6.07, 6.45) is 0. The number of hydrogen-bond donors (Lipinski definition) is 0. The van der Waals surface area contributed by atoms with Crippen LogP contribution < -0.4 is 0 Å². The van der Waals surface area contributed by atoms with E-state index in [4.69, 9.17) is 0 Å². The van der Waals surface area contributed by atoms with Crippen LogP contribution in [-0.4, -0.2) is 0 Å².